The van der Waals surface area contributed by atoms with Crippen molar-refractivity contribution in [2.75, 3.05) is 6.61 Å². The van der Waals surface area contributed by atoms with E-state index in [2.05, 4.69) is 4.98 Å². The van der Waals surface area contributed by atoms with Crippen LogP contribution in [0.5, 0.6) is 5.75 Å². The molecule has 1 aromatic carbocycles. The average molecular weight is 499 g/mol. The van der Waals surface area contributed by atoms with Gasteiger partial charge in [0.25, 0.3) is 0 Å². The van der Waals surface area contributed by atoms with E-state index in [-0.39, 0.29) is 41.2 Å². The van der Waals surface area contributed by atoms with Crippen molar-refractivity contribution in [1.29, 1.82) is 0 Å². The Hall–Kier alpha value is -3.63. The Morgan fingerprint density at radius 1 is 1.31 bits per heavy atom. The number of carbonyl (C=O) groups is 2. The van der Waals surface area contributed by atoms with E-state index in [0.717, 1.165) is 5.56 Å². The number of hydrogen-bond donors (Lipinski definition) is 1. The van der Waals surface area contributed by atoms with Gasteiger partial charge >= 0.3 is 11.7 Å². The molecule has 1 aliphatic heterocycles. The molecule has 10 heteroatoms. The van der Waals surface area contributed by atoms with Gasteiger partial charge in [0.05, 0.1) is 17.6 Å². The predicted octanol–water partition coefficient (Wildman–Crippen LogP) is 4.89. The summed E-state index contributed by atoms with van der Waals surface area (Å²) in [6.07, 6.45) is 6.99. The number of carbonyl (C=O) groups excluding carboxylic acids is 1. The maximum atomic E-state index is 11.7. The van der Waals surface area contributed by atoms with Crippen LogP contribution < -0.4 is 4.74 Å². The summed E-state index contributed by atoms with van der Waals surface area (Å²) in [6, 6.07) is 7.80. The lowest BCUT2D eigenvalue weighted by Crippen LogP contribution is -2.50. The second kappa shape index (κ2) is 11.9. The van der Waals surface area contributed by atoms with Crippen molar-refractivity contribution in [2.45, 2.75) is 58.0 Å². The molecule has 0 radical (unpaired) electrons. The van der Waals surface area contributed by atoms with Crippen molar-refractivity contribution in [3.63, 3.8) is 0 Å². The van der Waals surface area contributed by atoms with Crippen LogP contribution in [0.1, 0.15) is 62.1 Å². The lowest BCUT2D eigenvalue weighted by Gasteiger charge is -2.42. The van der Waals surface area contributed by atoms with E-state index in [1.54, 1.807) is 26.2 Å². The number of Topliss-reactive ketones (excluding diaryl/α,β-unsaturated/α-hetero) is 1. The summed E-state index contributed by atoms with van der Waals surface area (Å²) >= 11 is 0. The Morgan fingerprint density at radius 2 is 2.08 bits per heavy atom. The zero-order chi connectivity index (χ0) is 26.3. The van der Waals surface area contributed by atoms with Crippen LogP contribution in [0.3, 0.4) is 0 Å². The van der Waals surface area contributed by atoms with Gasteiger partial charge in [-0.2, -0.15) is 0 Å². The first-order valence-electron chi connectivity index (χ1n) is 11.6. The van der Waals surface area contributed by atoms with Gasteiger partial charge in [-0.05, 0) is 57.4 Å². The van der Waals surface area contributed by atoms with E-state index < -0.39 is 22.8 Å². The second-order valence-electron chi connectivity index (χ2n) is 9.11. The third-order valence-corrected chi connectivity index (χ3v) is 5.81. The number of carboxylic acids is 1. The summed E-state index contributed by atoms with van der Waals surface area (Å²) in [5.41, 5.74) is -0.374. The molecule has 0 amide bonds. The number of ketones is 1. The van der Waals surface area contributed by atoms with Crippen LogP contribution in [0.15, 0.2) is 54.9 Å². The van der Waals surface area contributed by atoms with Crippen LogP contribution in [-0.2, 0) is 14.3 Å². The normalized spacial score (nSPS) is 20.2. The van der Waals surface area contributed by atoms with Crippen LogP contribution in [0, 0.1) is 16.0 Å². The van der Waals surface area contributed by atoms with Crippen molar-refractivity contribution < 1.29 is 33.8 Å². The number of hydrogen-bond acceptors (Lipinski definition) is 8. The number of nitro benzene ring substituents is 1. The molecule has 1 saturated heterocycles. The third-order valence-electron chi connectivity index (χ3n) is 5.81. The van der Waals surface area contributed by atoms with Crippen molar-refractivity contribution in [1.82, 2.24) is 4.98 Å². The highest BCUT2D eigenvalue weighted by atomic mass is 16.7. The number of allylic oxidation sites excluding steroid dienone is 2. The molecule has 0 aliphatic carbocycles. The highest BCUT2D eigenvalue weighted by Gasteiger charge is 2.43. The van der Waals surface area contributed by atoms with Crippen LogP contribution in [0.4, 0.5) is 5.69 Å². The Labute approximate surface area is 209 Å². The first kappa shape index (κ1) is 27.0. The SMILES string of the molecule is CC(=O)c1ccc(OC(C)(C)[C@H]2OC[C@@H](C/C=C\CCC(=O)O)[C@@H](c3cccnc3)O2)c([N+](=O)[O-])c1. The van der Waals surface area contributed by atoms with E-state index >= 15 is 0 Å². The monoisotopic (exact) mass is 498 g/mol. The van der Waals surface area contributed by atoms with Gasteiger partial charge in [0.2, 0.25) is 0 Å². The van der Waals surface area contributed by atoms with Gasteiger partial charge in [0.1, 0.15) is 0 Å². The number of nitro groups is 1. The number of nitrogens with zero attached hydrogens (tertiary/aromatic N) is 2. The van der Waals surface area contributed by atoms with Gasteiger partial charge in [-0.15, -0.1) is 0 Å². The second-order valence-corrected chi connectivity index (χ2v) is 9.11. The molecular formula is C26H30N2O8. The van der Waals surface area contributed by atoms with Gasteiger partial charge in [0, 0.05) is 36.4 Å². The van der Waals surface area contributed by atoms with Crippen LogP contribution in [0.25, 0.3) is 0 Å². The maximum Gasteiger partial charge on any atom is 0.311 e. The molecule has 1 aromatic heterocycles. The van der Waals surface area contributed by atoms with E-state index in [9.17, 15) is 19.7 Å². The molecule has 3 rings (SSSR count). The van der Waals surface area contributed by atoms with Crippen molar-refractivity contribution in [3.8, 4) is 5.75 Å². The van der Waals surface area contributed by atoms with E-state index in [1.807, 2.05) is 24.3 Å². The third kappa shape index (κ3) is 6.96. The van der Waals surface area contributed by atoms with Crippen molar-refractivity contribution >= 4 is 17.4 Å². The van der Waals surface area contributed by atoms with E-state index in [0.29, 0.717) is 19.4 Å². The van der Waals surface area contributed by atoms with Crippen LogP contribution in [0.2, 0.25) is 0 Å². The predicted molar refractivity (Wildman–Crippen MR) is 130 cm³/mol. The number of rotatable bonds is 11. The molecule has 3 atom stereocenters. The minimum Gasteiger partial charge on any atom is -0.481 e. The largest absolute Gasteiger partial charge is 0.481 e. The van der Waals surface area contributed by atoms with Crippen LogP contribution in [-0.4, -0.2) is 45.3 Å². The topological polar surface area (TPSA) is 138 Å². The number of aliphatic carboxylic acids is 1. The van der Waals surface area contributed by atoms with Gasteiger partial charge in [0.15, 0.2) is 23.4 Å². The Bertz CT molecular complexity index is 1120. The highest BCUT2D eigenvalue weighted by Crippen LogP contribution is 2.40. The zero-order valence-electron chi connectivity index (χ0n) is 20.5. The van der Waals surface area contributed by atoms with E-state index in [1.165, 1.54) is 25.1 Å². The zero-order valence-corrected chi connectivity index (χ0v) is 20.5. The first-order valence-corrected chi connectivity index (χ1v) is 11.6. The maximum absolute atomic E-state index is 11.7. The fraction of sp³-hybridized carbons (Fsp3) is 0.423. The molecule has 1 aliphatic rings. The lowest BCUT2D eigenvalue weighted by atomic mass is 9.92. The highest BCUT2D eigenvalue weighted by molar-refractivity contribution is 5.95. The Balaban J connectivity index is 1.79. The van der Waals surface area contributed by atoms with Crippen molar-refractivity contribution in [3.05, 3.63) is 76.1 Å². The molecule has 1 N–H and O–H groups in total. The van der Waals surface area contributed by atoms with Crippen molar-refractivity contribution in [2.24, 2.45) is 5.92 Å². The Morgan fingerprint density at radius 3 is 2.72 bits per heavy atom. The number of benzene rings is 1. The quantitative estimate of drug-likeness (QED) is 0.198. The molecule has 0 saturated carbocycles. The van der Waals surface area contributed by atoms with Gasteiger partial charge < -0.3 is 19.3 Å². The molecule has 2 heterocycles. The fourth-order valence-corrected chi connectivity index (χ4v) is 3.93. The minimum atomic E-state index is -1.12. The summed E-state index contributed by atoms with van der Waals surface area (Å²) in [5.74, 6) is -1.20. The molecule has 10 nitrogen and oxygen atoms in total. The standard InChI is InChI=1S/C26H30N2O8/c1-17(29)18-11-12-22(21(14-18)28(32)33)36-26(2,3)25-34-16-20(8-5-4-6-10-23(30)31)24(35-25)19-9-7-13-27-15-19/h4-5,7,9,11-15,20,24-25H,6,8,10,16H2,1-3H3,(H,30,31)/b5-4-/t20-,24-,25+/m1/s1. The lowest BCUT2D eigenvalue weighted by molar-refractivity contribution is -0.386. The molecule has 36 heavy (non-hydrogen) atoms. The molecule has 0 bridgehead atoms. The number of ether oxygens (including phenoxy) is 3. The average Bonchev–Trinajstić information content (AvgIpc) is 2.84. The number of pyridine rings is 1. The van der Waals surface area contributed by atoms with Gasteiger partial charge in [-0.1, -0.05) is 18.2 Å². The van der Waals surface area contributed by atoms with Crippen LogP contribution >= 0.6 is 0 Å². The summed E-state index contributed by atoms with van der Waals surface area (Å²) in [6.45, 7) is 5.09. The number of aromatic nitrogens is 1. The Kier molecular flexibility index (Phi) is 8.89. The summed E-state index contributed by atoms with van der Waals surface area (Å²) in [7, 11) is 0. The summed E-state index contributed by atoms with van der Waals surface area (Å²) < 4.78 is 18.4. The fourth-order valence-electron chi connectivity index (χ4n) is 3.93. The molecule has 0 unspecified atom stereocenters. The first-order chi connectivity index (χ1) is 17.1. The van der Waals surface area contributed by atoms with Gasteiger partial charge in [-0.3, -0.25) is 24.7 Å². The van der Waals surface area contributed by atoms with E-state index in [4.69, 9.17) is 19.3 Å². The van der Waals surface area contributed by atoms with Gasteiger partial charge in [-0.25, -0.2) is 0 Å². The summed E-state index contributed by atoms with van der Waals surface area (Å²) in [5, 5.41) is 20.4. The molecule has 2 aromatic rings. The molecule has 0 spiro atoms. The molecule has 192 valence electrons. The minimum absolute atomic E-state index is 0.00335. The molecular weight excluding hydrogens is 468 g/mol. The smallest absolute Gasteiger partial charge is 0.311 e. The molecule has 1 fully saturated rings. The summed E-state index contributed by atoms with van der Waals surface area (Å²) in [4.78, 5) is 37.6. The number of carboxylic acid groups (broad SMARTS) is 1.